The Kier molecular flexibility index (Phi) is 5.44. The van der Waals surface area contributed by atoms with Gasteiger partial charge < -0.3 is 0 Å². The van der Waals surface area contributed by atoms with Gasteiger partial charge in [-0.05, 0) is 58.6 Å². The van der Waals surface area contributed by atoms with Gasteiger partial charge in [0, 0.05) is 17.7 Å². The van der Waals surface area contributed by atoms with Crippen LogP contribution in [0.2, 0.25) is 0 Å². The van der Waals surface area contributed by atoms with Gasteiger partial charge in [-0.15, -0.1) is 0 Å². The molecule has 8 heteroatoms. The van der Waals surface area contributed by atoms with E-state index in [0.717, 1.165) is 28.7 Å². The molecule has 6 nitrogen and oxygen atoms in total. The zero-order valence-electron chi connectivity index (χ0n) is 16.6. The van der Waals surface area contributed by atoms with Crippen LogP contribution < -0.4 is 4.72 Å². The van der Waals surface area contributed by atoms with Crippen LogP contribution in [0.15, 0.2) is 70.5 Å². The highest BCUT2D eigenvalue weighted by atomic mass is 32.2. The van der Waals surface area contributed by atoms with Crippen LogP contribution in [0.3, 0.4) is 0 Å². The van der Waals surface area contributed by atoms with Crippen LogP contribution in [0.25, 0.3) is 0 Å². The molecular weight excluding hydrogens is 418 g/mol. The van der Waals surface area contributed by atoms with Crippen LogP contribution in [0.5, 0.6) is 0 Å². The summed E-state index contributed by atoms with van der Waals surface area (Å²) < 4.78 is 25.3. The third-order valence-corrected chi connectivity index (χ3v) is 6.25. The van der Waals surface area contributed by atoms with E-state index < -0.39 is 10.0 Å². The smallest absolute Gasteiger partial charge is 0.274 e. The normalized spacial score (nSPS) is 16.4. The van der Waals surface area contributed by atoms with Crippen molar-refractivity contribution in [3.05, 3.63) is 87.6 Å². The van der Waals surface area contributed by atoms with E-state index in [1.54, 1.807) is 28.5 Å². The molecule has 1 aromatic heterocycles. The number of anilines is 1. The van der Waals surface area contributed by atoms with Gasteiger partial charge in [-0.25, -0.2) is 13.4 Å². The average molecular weight is 440 g/mol. The fourth-order valence-corrected chi connectivity index (χ4v) is 4.75. The summed E-state index contributed by atoms with van der Waals surface area (Å²) in [6, 6.07) is 16.4. The second kappa shape index (κ2) is 8.04. The maximum Gasteiger partial charge on any atom is 0.274 e. The van der Waals surface area contributed by atoms with Crippen LogP contribution in [-0.2, 0) is 10.0 Å². The van der Waals surface area contributed by atoms with Crippen LogP contribution in [0.4, 0.5) is 5.69 Å². The van der Waals surface area contributed by atoms with Crippen LogP contribution >= 0.6 is 11.3 Å². The van der Waals surface area contributed by atoms with Gasteiger partial charge in [-0.1, -0.05) is 30.3 Å². The van der Waals surface area contributed by atoms with Gasteiger partial charge in [0.2, 0.25) is 10.0 Å². The molecule has 1 atom stereocenters. The third-order valence-electron chi connectivity index (χ3n) is 4.94. The second-order valence-electron chi connectivity index (χ2n) is 7.24. The quantitative estimate of drug-likeness (QED) is 0.639. The fraction of sp³-hybridized carbons (Fsp3) is 0.182. The summed E-state index contributed by atoms with van der Waals surface area (Å²) in [5.41, 5.74) is 4.73. The maximum absolute atomic E-state index is 13.3. The standard InChI is InChI=1S/C22H21N3O3S2/c1-15-5-3-4-6-19(15)22(26)25-21(17-11-12-29-14-17)13-20(23-25)16-7-9-18(10-8-16)24-30(2,27)28/h3-12,14,21,24H,13H2,1-2H3. The number of thiophene rings is 1. The number of carbonyl (C=O) groups excluding carboxylic acids is 1. The van der Waals surface area contributed by atoms with Crippen LogP contribution in [0.1, 0.15) is 39.5 Å². The van der Waals surface area contributed by atoms with Gasteiger partial charge in [-0.2, -0.15) is 16.4 Å². The van der Waals surface area contributed by atoms with Crippen molar-refractivity contribution < 1.29 is 13.2 Å². The van der Waals surface area contributed by atoms with E-state index in [0.29, 0.717) is 17.7 Å². The van der Waals surface area contributed by atoms with Crippen molar-refractivity contribution >= 4 is 38.7 Å². The number of hydrogen-bond donors (Lipinski definition) is 1. The molecule has 0 saturated heterocycles. The summed E-state index contributed by atoms with van der Waals surface area (Å²) >= 11 is 1.59. The number of nitrogens with one attached hydrogen (secondary N) is 1. The Hall–Kier alpha value is -2.97. The molecule has 0 fully saturated rings. The van der Waals surface area contributed by atoms with Crippen molar-refractivity contribution in [2.24, 2.45) is 5.10 Å². The highest BCUT2D eigenvalue weighted by Crippen LogP contribution is 2.35. The molecule has 2 heterocycles. The molecular formula is C22H21N3O3S2. The Labute approximate surface area is 179 Å². The van der Waals surface area contributed by atoms with Crippen molar-refractivity contribution in [2.45, 2.75) is 19.4 Å². The Bertz CT molecular complexity index is 1200. The number of amides is 1. The molecule has 0 saturated carbocycles. The zero-order valence-corrected chi connectivity index (χ0v) is 18.2. The van der Waals surface area contributed by atoms with Gasteiger partial charge >= 0.3 is 0 Å². The number of rotatable bonds is 5. The minimum Gasteiger partial charge on any atom is -0.284 e. The van der Waals surface area contributed by atoms with E-state index >= 15 is 0 Å². The Balaban J connectivity index is 1.67. The lowest BCUT2D eigenvalue weighted by Crippen LogP contribution is -2.27. The third kappa shape index (κ3) is 4.29. The molecule has 4 rings (SSSR count). The van der Waals surface area contributed by atoms with Crippen molar-refractivity contribution in [1.29, 1.82) is 0 Å². The van der Waals surface area contributed by atoms with E-state index in [9.17, 15) is 13.2 Å². The van der Waals surface area contributed by atoms with E-state index in [1.165, 1.54) is 0 Å². The Morgan fingerprint density at radius 2 is 1.87 bits per heavy atom. The predicted octanol–water partition coefficient (Wildman–Crippen LogP) is 4.42. The molecule has 1 aliphatic rings. The van der Waals surface area contributed by atoms with Crippen LogP contribution in [-0.4, -0.2) is 31.3 Å². The lowest BCUT2D eigenvalue weighted by molar-refractivity contribution is 0.0710. The molecule has 1 N–H and O–H groups in total. The Morgan fingerprint density at radius 3 is 2.50 bits per heavy atom. The number of aryl methyl sites for hydroxylation is 1. The fourth-order valence-electron chi connectivity index (χ4n) is 3.48. The molecule has 154 valence electrons. The molecule has 1 aliphatic heterocycles. The molecule has 0 spiro atoms. The molecule has 30 heavy (non-hydrogen) atoms. The first kappa shape index (κ1) is 20.3. The minimum absolute atomic E-state index is 0.130. The van der Waals surface area contributed by atoms with Crippen molar-refractivity contribution in [1.82, 2.24) is 5.01 Å². The summed E-state index contributed by atoms with van der Waals surface area (Å²) in [5, 5.41) is 10.3. The maximum atomic E-state index is 13.3. The van der Waals surface area contributed by atoms with E-state index in [1.807, 2.05) is 60.1 Å². The molecule has 3 aromatic rings. The summed E-state index contributed by atoms with van der Waals surface area (Å²) in [5.74, 6) is -0.130. The molecule has 1 amide bonds. The van der Waals surface area contributed by atoms with Gasteiger partial charge in [0.05, 0.1) is 18.0 Å². The number of nitrogens with zero attached hydrogens (tertiary/aromatic N) is 2. The molecule has 0 bridgehead atoms. The van der Waals surface area contributed by atoms with Crippen molar-refractivity contribution in [3.63, 3.8) is 0 Å². The SMILES string of the molecule is Cc1ccccc1C(=O)N1N=C(c2ccc(NS(C)(=O)=O)cc2)CC1c1ccsc1. The van der Waals surface area contributed by atoms with Crippen molar-refractivity contribution in [2.75, 3.05) is 11.0 Å². The first-order valence-corrected chi connectivity index (χ1v) is 12.2. The van der Waals surface area contributed by atoms with E-state index in [-0.39, 0.29) is 11.9 Å². The summed E-state index contributed by atoms with van der Waals surface area (Å²) in [7, 11) is -3.33. The van der Waals surface area contributed by atoms with Gasteiger partial charge in [0.15, 0.2) is 0 Å². The Morgan fingerprint density at radius 1 is 1.13 bits per heavy atom. The molecule has 1 unspecified atom stereocenters. The molecule has 2 aromatic carbocycles. The second-order valence-corrected chi connectivity index (χ2v) is 9.77. The number of benzene rings is 2. The highest BCUT2D eigenvalue weighted by Gasteiger charge is 2.34. The largest absolute Gasteiger partial charge is 0.284 e. The monoisotopic (exact) mass is 439 g/mol. The summed E-state index contributed by atoms with van der Waals surface area (Å²) in [6.45, 7) is 1.92. The van der Waals surface area contributed by atoms with E-state index in [4.69, 9.17) is 0 Å². The topological polar surface area (TPSA) is 78.8 Å². The predicted molar refractivity (Wildman–Crippen MR) is 120 cm³/mol. The van der Waals surface area contributed by atoms with Gasteiger partial charge in [0.1, 0.15) is 0 Å². The molecule has 0 radical (unpaired) electrons. The van der Waals surface area contributed by atoms with E-state index in [2.05, 4.69) is 9.82 Å². The summed E-state index contributed by atoms with van der Waals surface area (Å²) in [4.78, 5) is 13.3. The molecule has 0 aliphatic carbocycles. The number of hydrogen-bond acceptors (Lipinski definition) is 5. The first-order chi connectivity index (χ1) is 14.3. The lowest BCUT2D eigenvalue weighted by Gasteiger charge is -2.21. The van der Waals surface area contributed by atoms with Gasteiger partial charge in [0.25, 0.3) is 5.91 Å². The lowest BCUT2D eigenvalue weighted by atomic mass is 9.99. The van der Waals surface area contributed by atoms with Crippen LogP contribution in [0, 0.1) is 6.92 Å². The number of sulfonamides is 1. The average Bonchev–Trinajstić information content (AvgIpc) is 3.37. The van der Waals surface area contributed by atoms with Crippen molar-refractivity contribution in [3.8, 4) is 0 Å². The minimum atomic E-state index is -3.33. The number of carbonyl (C=O) groups is 1. The first-order valence-electron chi connectivity index (χ1n) is 9.39. The zero-order chi connectivity index (χ0) is 21.3. The number of hydrazone groups is 1. The van der Waals surface area contributed by atoms with Gasteiger partial charge in [-0.3, -0.25) is 9.52 Å². The highest BCUT2D eigenvalue weighted by molar-refractivity contribution is 7.92. The summed E-state index contributed by atoms with van der Waals surface area (Å²) in [6.07, 6.45) is 1.70.